The van der Waals surface area contributed by atoms with E-state index in [0.29, 0.717) is 13.1 Å². The lowest BCUT2D eigenvalue weighted by Gasteiger charge is -2.30. The number of aromatic amines is 2. The summed E-state index contributed by atoms with van der Waals surface area (Å²) in [4.78, 5) is 58.4. The molecule has 0 spiro atoms. The molecule has 4 aromatic heterocycles. The van der Waals surface area contributed by atoms with Crippen LogP contribution in [0.5, 0.6) is 0 Å². The third kappa shape index (κ3) is 7.05. The van der Waals surface area contributed by atoms with E-state index in [1.165, 1.54) is 22.1 Å². The van der Waals surface area contributed by atoms with E-state index >= 15 is 0 Å². The van der Waals surface area contributed by atoms with Crippen molar-refractivity contribution in [3.63, 3.8) is 0 Å². The normalized spacial score (nSPS) is 18.4. The van der Waals surface area contributed by atoms with Gasteiger partial charge >= 0.3 is 12.2 Å². The lowest BCUT2D eigenvalue weighted by atomic mass is 10.0. The van der Waals surface area contributed by atoms with Gasteiger partial charge in [0.1, 0.15) is 23.3 Å². The maximum atomic E-state index is 13.6. The van der Waals surface area contributed by atoms with Gasteiger partial charge in [0.15, 0.2) is 0 Å². The number of ether oxygens (including phenoxy) is 2. The van der Waals surface area contributed by atoms with Crippen LogP contribution in [0, 0.1) is 5.92 Å². The van der Waals surface area contributed by atoms with Gasteiger partial charge < -0.3 is 29.7 Å². The molecule has 3 N–H and O–H groups in total. The molecule has 5 aromatic rings. The monoisotopic (exact) mass is 743 g/mol. The minimum Gasteiger partial charge on any atom is -0.453 e. The molecule has 14 heteroatoms. The quantitative estimate of drug-likeness (QED) is 0.144. The van der Waals surface area contributed by atoms with Gasteiger partial charge in [-0.2, -0.15) is 0 Å². The highest BCUT2D eigenvalue weighted by atomic mass is 32.1. The Hall–Kier alpha value is -4.69. The number of fused-ring (bicyclic) bond motifs is 1. The highest BCUT2D eigenvalue weighted by Crippen LogP contribution is 2.44. The van der Waals surface area contributed by atoms with E-state index in [4.69, 9.17) is 14.5 Å². The lowest BCUT2D eigenvalue weighted by Crippen LogP contribution is -2.51. The number of amides is 3. The van der Waals surface area contributed by atoms with Crippen LogP contribution in [0.1, 0.15) is 84.0 Å². The Balaban J connectivity index is 1.06. The zero-order chi connectivity index (χ0) is 36.7. The van der Waals surface area contributed by atoms with Crippen LogP contribution in [-0.2, 0) is 14.3 Å². The second-order valence-corrected chi connectivity index (χ2v) is 16.5. The van der Waals surface area contributed by atoms with E-state index in [9.17, 15) is 14.4 Å². The molecule has 2 saturated heterocycles. The van der Waals surface area contributed by atoms with Crippen molar-refractivity contribution in [3.05, 3.63) is 59.1 Å². The molecule has 7 rings (SSSR count). The molecule has 0 saturated carbocycles. The Kier molecular flexibility index (Phi) is 9.87. The van der Waals surface area contributed by atoms with Crippen LogP contribution in [0.2, 0.25) is 0 Å². The molecule has 12 nitrogen and oxygen atoms in total. The standard InChI is InChI=1S/C38H45N7O5S2/c1-21(2)30(43-36(47)49-6)35(46)44-15-7-9-28(44)33-40-18-27(42-33)25-20-52-31-24(19-51-32(25)31)22-11-13-23(14-12-22)26-17-39-34(41-26)29-10-8-16-45(29)37(48)50-38(3,4)5/h11-14,17-21,28-30H,7-10,15-16H2,1-6H3,(H,39,41)(H,40,42)(H,43,47)/t28-,29-,30-/m0/s1. The Morgan fingerprint density at radius 1 is 0.846 bits per heavy atom. The fraction of sp³-hybridized carbons (Fsp3) is 0.447. The molecule has 3 amide bonds. The molecule has 0 bridgehead atoms. The van der Waals surface area contributed by atoms with E-state index < -0.39 is 17.7 Å². The Morgan fingerprint density at radius 2 is 1.40 bits per heavy atom. The summed E-state index contributed by atoms with van der Waals surface area (Å²) in [5.41, 5.74) is 5.69. The summed E-state index contributed by atoms with van der Waals surface area (Å²) in [5.74, 6) is 1.31. The number of benzene rings is 1. The van der Waals surface area contributed by atoms with Crippen LogP contribution >= 0.6 is 22.7 Å². The highest BCUT2D eigenvalue weighted by Gasteiger charge is 2.38. The molecule has 274 valence electrons. The van der Waals surface area contributed by atoms with Crippen LogP contribution < -0.4 is 5.32 Å². The highest BCUT2D eigenvalue weighted by molar-refractivity contribution is 7.27. The van der Waals surface area contributed by atoms with E-state index in [1.807, 2.05) is 51.9 Å². The second-order valence-electron chi connectivity index (χ2n) is 14.8. The largest absolute Gasteiger partial charge is 0.453 e. The number of likely N-dealkylation sites (tertiary alicyclic amines) is 2. The second kappa shape index (κ2) is 14.4. The number of hydrogen-bond donors (Lipinski definition) is 3. The fourth-order valence-electron chi connectivity index (χ4n) is 7.11. The predicted octanol–water partition coefficient (Wildman–Crippen LogP) is 8.53. The van der Waals surface area contributed by atoms with Crippen molar-refractivity contribution in [2.24, 2.45) is 5.92 Å². The van der Waals surface area contributed by atoms with Gasteiger partial charge in [0.2, 0.25) is 5.91 Å². The summed E-state index contributed by atoms with van der Waals surface area (Å²) in [6.07, 6.45) is 6.19. The molecule has 0 unspecified atom stereocenters. The number of carbonyl (C=O) groups is 3. The van der Waals surface area contributed by atoms with Gasteiger partial charge in [-0.1, -0.05) is 38.1 Å². The summed E-state index contributed by atoms with van der Waals surface area (Å²) in [7, 11) is 1.30. The smallest absolute Gasteiger partial charge is 0.410 e. The molecule has 2 aliphatic heterocycles. The molecular weight excluding hydrogens is 699 g/mol. The summed E-state index contributed by atoms with van der Waals surface area (Å²) >= 11 is 3.42. The number of nitrogens with zero attached hydrogens (tertiary/aromatic N) is 4. The van der Waals surface area contributed by atoms with Gasteiger partial charge in [-0.3, -0.25) is 9.69 Å². The van der Waals surface area contributed by atoms with Crippen LogP contribution in [0.4, 0.5) is 9.59 Å². The van der Waals surface area contributed by atoms with Gasteiger partial charge in [0, 0.05) is 35.0 Å². The van der Waals surface area contributed by atoms with Crippen LogP contribution in [0.3, 0.4) is 0 Å². The maximum Gasteiger partial charge on any atom is 0.410 e. The topological polar surface area (TPSA) is 146 Å². The molecule has 0 aliphatic carbocycles. The molecule has 2 aliphatic rings. The average molecular weight is 744 g/mol. The number of rotatable bonds is 8. The average Bonchev–Trinajstić information content (AvgIpc) is 3.95. The minimum atomic E-state index is -0.678. The lowest BCUT2D eigenvalue weighted by molar-refractivity contribution is -0.135. The van der Waals surface area contributed by atoms with Crippen molar-refractivity contribution in [2.45, 2.75) is 84.0 Å². The van der Waals surface area contributed by atoms with Crippen molar-refractivity contribution in [3.8, 4) is 33.6 Å². The van der Waals surface area contributed by atoms with Crippen molar-refractivity contribution >= 4 is 50.2 Å². The molecule has 1 aromatic carbocycles. The zero-order valence-corrected chi connectivity index (χ0v) is 32.0. The van der Waals surface area contributed by atoms with Crippen molar-refractivity contribution in [2.75, 3.05) is 20.2 Å². The maximum absolute atomic E-state index is 13.6. The van der Waals surface area contributed by atoms with Crippen LogP contribution in [0.25, 0.3) is 43.0 Å². The Labute approximate surface area is 310 Å². The summed E-state index contributed by atoms with van der Waals surface area (Å²) in [6.45, 7) is 10.7. The minimum absolute atomic E-state index is 0.0954. The van der Waals surface area contributed by atoms with Gasteiger partial charge in [0.05, 0.1) is 52.4 Å². The first-order valence-electron chi connectivity index (χ1n) is 17.8. The van der Waals surface area contributed by atoms with Gasteiger partial charge in [-0.05, 0) is 63.5 Å². The van der Waals surface area contributed by atoms with E-state index in [-0.39, 0.29) is 30.0 Å². The van der Waals surface area contributed by atoms with E-state index in [0.717, 1.165) is 65.4 Å². The van der Waals surface area contributed by atoms with Crippen molar-refractivity contribution < 1.29 is 23.9 Å². The Morgan fingerprint density at radius 3 is 2.04 bits per heavy atom. The number of thiophene rings is 2. The first kappa shape index (κ1) is 35.7. The third-order valence-electron chi connectivity index (χ3n) is 9.71. The van der Waals surface area contributed by atoms with Gasteiger partial charge in [-0.15, -0.1) is 22.7 Å². The van der Waals surface area contributed by atoms with E-state index in [1.54, 1.807) is 27.6 Å². The number of aromatic nitrogens is 4. The molecule has 3 atom stereocenters. The molecule has 0 radical (unpaired) electrons. The van der Waals surface area contributed by atoms with Crippen molar-refractivity contribution in [1.82, 2.24) is 35.1 Å². The van der Waals surface area contributed by atoms with Crippen LogP contribution in [0.15, 0.2) is 47.4 Å². The number of carbonyl (C=O) groups excluding carboxylic acids is 3. The summed E-state index contributed by atoms with van der Waals surface area (Å²) in [6, 6.07) is 7.48. The predicted molar refractivity (Wildman–Crippen MR) is 203 cm³/mol. The number of imidazole rings is 2. The number of H-pyrrole nitrogens is 2. The zero-order valence-electron chi connectivity index (χ0n) is 30.3. The first-order valence-corrected chi connectivity index (χ1v) is 19.5. The number of nitrogens with one attached hydrogen (secondary N) is 3. The number of hydrogen-bond acceptors (Lipinski definition) is 9. The number of alkyl carbamates (subject to hydrolysis) is 1. The fourth-order valence-corrected chi connectivity index (χ4v) is 9.56. The molecule has 6 heterocycles. The summed E-state index contributed by atoms with van der Waals surface area (Å²) < 4.78 is 12.8. The SMILES string of the molecule is COC(=O)N[C@H](C(=O)N1CCC[C@H]1c1ncc(-c2csc3c(-c4ccc(-c5cnc([C@@H]6CCCN6C(=O)OC(C)(C)C)[nH]5)cc4)csc23)[nH]1)C(C)C. The molecular formula is C38H45N7O5S2. The number of methoxy groups -OCH3 is 1. The van der Waals surface area contributed by atoms with Gasteiger partial charge in [-0.25, -0.2) is 19.6 Å². The molecule has 52 heavy (non-hydrogen) atoms. The Bertz CT molecular complexity index is 2070. The van der Waals surface area contributed by atoms with Gasteiger partial charge in [0.25, 0.3) is 0 Å². The summed E-state index contributed by atoms with van der Waals surface area (Å²) in [5, 5.41) is 7.08. The molecule has 2 fully saturated rings. The first-order chi connectivity index (χ1) is 24.9. The third-order valence-corrected chi connectivity index (χ3v) is 11.9. The van der Waals surface area contributed by atoms with Crippen LogP contribution in [-0.4, -0.2) is 79.7 Å². The van der Waals surface area contributed by atoms with E-state index in [2.05, 4.69) is 55.3 Å². The van der Waals surface area contributed by atoms with Crippen molar-refractivity contribution in [1.29, 1.82) is 0 Å².